The Morgan fingerprint density at radius 3 is 2.03 bits per heavy atom. The van der Waals surface area contributed by atoms with Gasteiger partial charge in [-0.1, -0.05) is 84.1 Å². The summed E-state index contributed by atoms with van der Waals surface area (Å²) in [4.78, 5) is 42.5. The average molecular weight is 457 g/mol. The fourth-order valence-electron chi connectivity index (χ4n) is 3.20. The van der Waals surface area contributed by atoms with Crippen molar-refractivity contribution in [2.45, 2.75) is 6.92 Å². The fraction of sp³-hybridized carbons (Fsp3) is 0.0769. The summed E-state index contributed by atoms with van der Waals surface area (Å²) in [6, 6.07) is 24.6. The van der Waals surface area contributed by atoms with Gasteiger partial charge in [0, 0.05) is 22.3 Å². The van der Waals surface area contributed by atoms with Crippen molar-refractivity contribution in [3.8, 4) is 11.3 Å². The standard InChI is InChI=1S/C26H20N2O4S/c1-2-32-25(31)23-21(17-9-5-3-6-10-17)27-26(33-23)28-24(30)20-15-13-19(14-16-20)22(29)18-11-7-4-8-12-18/h3-16H,2H2,1H3,(H,27,28,30). The molecule has 0 fully saturated rings. The number of nitrogens with one attached hydrogen (secondary N) is 1. The van der Waals surface area contributed by atoms with Gasteiger partial charge < -0.3 is 4.74 Å². The Kier molecular flexibility index (Phi) is 6.71. The fourth-order valence-corrected chi connectivity index (χ4v) is 4.08. The summed E-state index contributed by atoms with van der Waals surface area (Å²) in [5.41, 5.74) is 2.65. The molecule has 0 radical (unpaired) electrons. The van der Waals surface area contributed by atoms with Crippen LogP contribution in [0.2, 0.25) is 0 Å². The zero-order valence-corrected chi connectivity index (χ0v) is 18.6. The average Bonchev–Trinajstić information content (AvgIpc) is 3.29. The van der Waals surface area contributed by atoms with Crippen LogP contribution in [0.1, 0.15) is 42.9 Å². The molecule has 0 aliphatic carbocycles. The van der Waals surface area contributed by atoms with Crippen LogP contribution in [0.4, 0.5) is 5.13 Å². The molecule has 0 saturated carbocycles. The summed E-state index contributed by atoms with van der Waals surface area (Å²) in [6.07, 6.45) is 0. The van der Waals surface area contributed by atoms with E-state index in [1.54, 1.807) is 55.5 Å². The van der Waals surface area contributed by atoms with Gasteiger partial charge in [-0.2, -0.15) is 0 Å². The van der Waals surface area contributed by atoms with Crippen LogP contribution in [0.5, 0.6) is 0 Å². The molecule has 0 unspecified atom stereocenters. The summed E-state index contributed by atoms with van der Waals surface area (Å²) in [6.45, 7) is 1.97. The molecular formula is C26H20N2O4S. The lowest BCUT2D eigenvalue weighted by Gasteiger charge is -2.04. The van der Waals surface area contributed by atoms with Crippen molar-refractivity contribution in [2.24, 2.45) is 0 Å². The molecule has 0 aliphatic rings. The molecule has 7 heteroatoms. The van der Waals surface area contributed by atoms with E-state index < -0.39 is 11.9 Å². The predicted octanol–water partition coefficient (Wildman–Crippen LogP) is 5.47. The first-order chi connectivity index (χ1) is 16.1. The maximum Gasteiger partial charge on any atom is 0.350 e. The lowest BCUT2D eigenvalue weighted by atomic mass is 10.0. The Balaban J connectivity index is 1.54. The van der Waals surface area contributed by atoms with Gasteiger partial charge >= 0.3 is 5.97 Å². The van der Waals surface area contributed by atoms with Gasteiger partial charge in [-0.15, -0.1) is 0 Å². The highest BCUT2D eigenvalue weighted by Crippen LogP contribution is 2.32. The molecule has 0 saturated heterocycles. The highest BCUT2D eigenvalue weighted by molar-refractivity contribution is 7.18. The molecule has 0 aliphatic heterocycles. The van der Waals surface area contributed by atoms with E-state index in [2.05, 4.69) is 10.3 Å². The van der Waals surface area contributed by atoms with Gasteiger partial charge in [0.15, 0.2) is 10.9 Å². The molecule has 1 amide bonds. The van der Waals surface area contributed by atoms with E-state index in [4.69, 9.17) is 4.74 Å². The highest BCUT2D eigenvalue weighted by atomic mass is 32.1. The second-order valence-corrected chi connectivity index (χ2v) is 8.01. The third-order valence-corrected chi connectivity index (χ3v) is 5.75. The molecule has 3 aromatic carbocycles. The van der Waals surface area contributed by atoms with E-state index >= 15 is 0 Å². The van der Waals surface area contributed by atoms with Crippen molar-refractivity contribution in [3.63, 3.8) is 0 Å². The summed E-state index contributed by atoms with van der Waals surface area (Å²) < 4.78 is 5.15. The van der Waals surface area contributed by atoms with Gasteiger partial charge in [0.1, 0.15) is 4.88 Å². The maximum atomic E-state index is 12.8. The molecular weight excluding hydrogens is 436 g/mol. The lowest BCUT2D eigenvalue weighted by Crippen LogP contribution is -2.12. The highest BCUT2D eigenvalue weighted by Gasteiger charge is 2.22. The van der Waals surface area contributed by atoms with E-state index in [0.29, 0.717) is 27.3 Å². The van der Waals surface area contributed by atoms with E-state index in [1.165, 1.54) is 0 Å². The van der Waals surface area contributed by atoms with Gasteiger partial charge in [-0.05, 0) is 19.1 Å². The lowest BCUT2D eigenvalue weighted by molar-refractivity contribution is 0.0532. The van der Waals surface area contributed by atoms with Crippen LogP contribution in [0, 0.1) is 0 Å². The zero-order valence-electron chi connectivity index (χ0n) is 17.8. The number of amides is 1. The predicted molar refractivity (Wildman–Crippen MR) is 128 cm³/mol. The Morgan fingerprint density at radius 2 is 1.39 bits per heavy atom. The maximum absolute atomic E-state index is 12.8. The third kappa shape index (κ3) is 5.05. The van der Waals surface area contributed by atoms with Crippen LogP contribution in [-0.4, -0.2) is 29.3 Å². The van der Waals surface area contributed by atoms with Crippen molar-refractivity contribution in [1.29, 1.82) is 0 Å². The molecule has 4 aromatic rings. The van der Waals surface area contributed by atoms with Gasteiger partial charge in [0.05, 0.1) is 12.3 Å². The van der Waals surface area contributed by atoms with E-state index in [-0.39, 0.29) is 17.5 Å². The molecule has 0 atom stereocenters. The monoisotopic (exact) mass is 456 g/mol. The number of carbonyl (C=O) groups is 3. The van der Waals surface area contributed by atoms with Crippen molar-refractivity contribution in [2.75, 3.05) is 11.9 Å². The number of hydrogen-bond acceptors (Lipinski definition) is 6. The second-order valence-electron chi connectivity index (χ2n) is 7.01. The molecule has 1 N–H and O–H groups in total. The number of ketones is 1. The smallest absolute Gasteiger partial charge is 0.350 e. The summed E-state index contributed by atoms with van der Waals surface area (Å²) in [7, 11) is 0. The Hall–Kier alpha value is -4.10. The number of hydrogen-bond donors (Lipinski definition) is 1. The molecule has 164 valence electrons. The first kappa shape index (κ1) is 22.1. The van der Waals surface area contributed by atoms with Gasteiger partial charge in [0.25, 0.3) is 5.91 Å². The number of ether oxygens (including phenoxy) is 1. The molecule has 33 heavy (non-hydrogen) atoms. The summed E-state index contributed by atoms with van der Waals surface area (Å²) in [5, 5.41) is 3.03. The number of anilines is 1. The molecule has 1 heterocycles. The molecule has 6 nitrogen and oxygen atoms in total. The van der Waals surface area contributed by atoms with Crippen molar-refractivity contribution in [1.82, 2.24) is 4.98 Å². The third-order valence-electron chi connectivity index (χ3n) is 4.80. The number of aromatic nitrogens is 1. The van der Waals surface area contributed by atoms with Crippen LogP contribution in [0.25, 0.3) is 11.3 Å². The van der Waals surface area contributed by atoms with Crippen LogP contribution >= 0.6 is 11.3 Å². The summed E-state index contributed by atoms with van der Waals surface area (Å²) >= 11 is 1.06. The van der Waals surface area contributed by atoms with E-state index in [1.807, 2.05) is 36.4 Å². The van der Waals surface area contributed by atoms with Crippen LogP contribution in [-0.2, 0) is 4.74 Å². The molecule has 1 aromatic heterocycles. The number of benzene rings is 3. The SMILES string of the molecule is CCOC(=O)c1sc(NC(=O)c2ccc(C(=O)c3ccccc3)cc2)nc1-c1ccccc1. The minimum atomic E-state index is -0.488. The number of rotatable bonds is 7. The minimum Gasteiger partial charge on any atom is -0.462 e. The van der Waals surface area contributed by atoms with Crippen LogP contribution < -0.4 is 5.32 Å². The summed E-state index contributed by atoms with van der Waals surface area (Å²) in [5.74, 6) is -0.996. The molecule has 0 spiro atoms. The van der Waals surface area contributed by atoms with Gasteiger partial charge in [-0.3, -0.25) is 14.9 Å². The number of nitrogens with zero attached hydrogens (tertiary/aromatic N) is 1. The van der Waals surface area contributed by atoms with E-state index in [0.717, 1.165) is 16.9 Å². The number of carbonyl (C=O) groups excluding carboxylic acids is 3. The van der Waals surface area contributed by atoms with Crippen molar-refractivity contribution in [3.05, 3.63) is 106 Å². The Bertz CT molecular complexity index is 1280. The van der Waals surface area contributed by atoms with Crippen LogP contribution in [0.15, 0.2) is 84.9 Å². The quantitative estimate of drug-likeness (QED) is 0.294. The normalized spacial score (nSPS) is 10.5. The van der Waals surface area contributed by atoms with Gasteiger partial charge in [-0.25, -0.2) is 9.78 Å². The largest absolute Gasteiger partial charge is 0.462 e. The minimum absolute atomic E-state index is 0.117. The first-order valence-electron chi connectivity index (χ1n) is 10.3. The van der Waals surface area contributed by atoms with Crippen molar-refractivity contribution >= 4 is 34.1 Å². The zero-order chi connectivity index (χ0) is 23.2. The Labute approximate surface area is 194 Å². The Morgan fingerprint density at radius 1 is 0.818 bits per heavy atom. The van der Waals surface area contributed by atoms with Crippen LogP contribution in [0.3, 0.4) is 0 Å². The van der Waals surface area contributed by atoms with Gasteiger partial charge in [0.2, 0.25) is 0 Å². The first-order valence-corrected chi connectivity index (χ1v) is 11.1. The number of thiazole rings is 1. The second kappa shape index (κ2) is 10.0. The van der Waals surface area contributed by atoms with E-state index in [9.17, 15) is 14.4 Å². The van der Waals surface area contributed by atoms with Crippen molar-refractivity contribution < 1.29 is 19.1 Å². The molecule has 0 bridgehead atoms. The number of esters is 1. The molecule has 4 rings (SSSR count). The topological polar surface area (TPSA) is 85.4 Å².